The number of nitriles is 1. The zero-order valence-electron chi connectivity index (χ0n) is 21.9. The fourth-order valence-corrected chi connectivity index (χ4v) is 6.59. The normalized spacial score (nSPS) is 11.7. The maximum Gasteiger partial charge on any atom is 0.416 e. The second-order valence-corrected chi connectivity index (χ2v) is 11.6. The molecule has 0 atom stereocenters. The molecular formula is C29H21F3N4O4S2. The molecule has 214 valence electrons. The third-order valence-corrected chi connectivity index (χ3v) is 8.94. The van der Waals surface area contributed by atoms with Gasteiger partial charge in [0.05, 0.1) is 29.8 Å². The molecule has 13 heteroatoms. The van der Waals surface area contributed by atoms with Gasteiger partial charge in [-0.25, -0.2) is 17.7 Å². The van der Waals surface area contributed by atoms with Crippen molar-refractivity contribution in [1.82, 2.24) is 9.97 Å². The molecule has 0 saturated carbocycles. The van der Waals surface area contributed by atoms with Crippen molar-refractivity contribution in [3.8, 4) is 28.8 Å². The van der Waals surface area contributed by atoms with Gasteiger partial charge in [0.2, 0.25) is 0 Å². The Morgan fingerprint density at radius 1 is 1.00 bits per heavy atom. The van der Waals surface area contributed by atoms with E-state index in [0.29, 0.717) is 22.1 Å². The molecule has 0 aliphatic carbocycles. The van der Waals surface area contributed by atoms with Gasteiger partial charge in [0.25, 0.3) is 10.0 Å². The molecular weight excluding hydrogens is 589 g/mol. The van der Waals surface area contributed by atoms with Crippen molar-refractivity contribution in [3.63, 3.8) is 0 Å². The van der Waals surface area contributed by atoms with Gasteiger partial charge in [0.1, 0.15) is 17.6 Å². The molecule has 5 aromatic rings. The van der Waals surface area contributed by atoms with E-state index in [4.69, 9.17) is 14.7 Å². The number of nitrogens with zero attached hydrogens (tertiary/aromatic N) is 4. The SMILES string of the molecule is COc1ccc(CN(c2nccs2)S(=O)(=O)c2ccc3c(-c4ccc(C(F)(F)F)cc4OCC#N)nccc3c2)cc1. The summed E-state index contributed by atoms with van der Waals surface area (Å²) in [5, 5.41) is 11.9. The molecule has 42 heavy (non-hydrogen) atoms. The van der Waals surface area contributed by atoms with E-state index >= 15 is 0 Å². The second-order valence-electron chi connectivity index (χ2n) is 8.87. The Morgan fingerprint density at radius 3 is 2.45 bits per heavy atom. The number of ether oxygens (including phenoxy) is 2. The number of anilines is 1. The molecule has 0 saturated heterocycles. The molecule has 0 bridgehead atoms. The number of hydrogen-bond donors (Lipinski definition) is 0. The highest BCUT2D eigenvalue weighted by Gasteiger charge is 2.32. The molecule has 2 heterocycles. The molecule has 0 fully saturated rings. The van der Waals surface area contributed by atoms with Crippen molar-refractivity contribution >= 4 is 37.3 Å². The number of thiazole rings is 1. The Morgan fingerprint density at radius 2 is 1.79 bits per heavy atom. The summed E-state index contributed by atoms with van der Waals surface area (Å²) in [5.74, 6) is 0.466. The molecule has 0 aliphatic rings. The zero-order valence-corrected chi connectivity index (χ0v) is 23.5. The monoisotopic (exact) mass is 610 g/mol. The quantitative estimate of drug-likeness (QED) is 0.183. The predicted molar refractivity (Wildman–Crippen MR) is 152 cm³/mol. The molecule has 0 unspecified atom stereocenters. The Balaban J connectivity index is 1.57. The summed E-state index contributed by atoms with van der Waals surface area (Å²) in [6, 6.07) is 17.7. The van der Waals surface area contributed by atoms with Crippen molar-refractivity contribution in [1.29, 1.82) is 5.26 Å². The highest BCUT2D eigenvalue weighted by atomic mass is 32.2. The zero-order chi connectivity index (χ0) is 29.9. The van der Waals surface area contributed by atoms with Gasteiger partial charge in [-0.15, -0.1) is 11.3 Å². The number of pyridine rings is 1. The van der Waals surface area contributed by atoms with Crippen LogP contribution in [0.3, 0.4) is 0 Å². The summed E-state index contributed by atoms with van der Waals surface area (Å²) in [7, 11) is -2.56. The van der Waals surface area contributed by atoms with Crippen molar-refractivity contribution in [3.05, 3.63) is 95.6 Å². The first-order valence-corrected chi connectivity index (χ1v) is 14.6. The molecule has 3 aromatic carbocycles. The minimum atomic E-state index is -4.62. The summed E-state index contributed by atoms with van der Waals surface area (Å²) in [6.07, 6.45) is -1.67. The van der Waals surface area contributed by atoms with Gasteiger partial charge in [-0.2, -0.15) is 18.4 Å². The fraction of sp³-hybridized carbons (Fsp3) is 0.138. The van der Waals surface area contributed by atoms with Crippen molar-refractivity contribution in [2.24, 2.45) is 0 Å². The first-order chi connectivity index (χ1) is 20.1. The standard InChI is InChI=1S/C29H21F3N4O4S2/c1-39-22-5-2-19(3-6-22)18-36(28-35-13-15-41-28)42(37,38)23-7-9-24-20(16-23)10-12-34-27(24)25-8-4-21(29(30,31)32)17-26(25)40-14-11-33/h2-10,12-13,15-17H,14,18H2,1H3. The maximum absolute atomic E-state index is 14.0. The van der Waals surface area contributed by atoms with E-state index in [0.717, 1.165) is 12.1 Å². The first kappa shape index (κ1) is 28.8. The average Bonchev–Trinajstić information content (AvgIpc) is 3.52. The molecule has 0 amide bonds. The molecule has 0 radical (unpaired) electrons. The van der Waals surface area contributed by atoms with Crippen LogP contribution in [0, 0.1) is 11.3 Å². The first-order valence-electron chi connectivity index (χ1n) is 12.3. The van der Waals surface area contributed by atoms with Crippen molar-refractivity contribution < 1.29 is 31.1 Å². The Labute approximate surface area is 243 Å². The minimum Gasteiger partial charge on any atom is -0.497 e. The summed E-state index contributed by atoms with van der Waals surface area (Å²) in [4.78, 5) is 8.57. The maximum atomic E-state index is 14.0. The highest BCUT2D eigenvalue weighted by molar-refractivity contribution is 7.93. The minimum absolute atomic E-state index is 0.00997. The van der Waals surface area contributed by atoms with E-state index in [9.17, 15) is 21.6 Å². The van der Waals surface area contributed by atoms with Crippen LogP contribution < -0.4 is 13.8 Å². The third kappa shape index (κ3) is 5.86. The molecule has 0 aliphatic heterocycles. The lowest BCUT2D eigenvalue weighted by molar-refractivity contribution is -0.137. The van der Waals surface area contributed by atoms with Crippen molar-refractivity contribution in [2.75, 3.05) is 18.0 Å². The van der Waals surface area contributed by atoms with E-state index in [1.54, 1.807) is 55.0 Å². The van der Waals surface area contributed by atoms with Crippen LogP contribution in [0.5, 0.6) is 11.5 Å². The number of rotatable bonds is 9. The van der Waals surface area contributed by atoms with Gasteiger partial charge >= 0.3 is 6.18 Å². The molecule has 8 nitrogen and oxygen atoms in total. The lowest BCUT2D eigenvalue weighted by Gasteiger charge is -2.22. The lowest BCUT2D eigenvalue weighted by Crippen LogP contribution is -2.30. The molecule has 0 N–H and O–H groups in total. The summed E-state index contributed by atoms with van der Waals surface area (Å²) >= 11 is 1.18. The molecule has 5 rings (SSSR count). The summed E-state index contributed by atoms with van der Waals surface area (Å²) < 4.78 is 79.7. The number of benzene rings is 3. The van der Waals surface area contributed by atoms with Gasteiger partial charge < -0.3 is 9.47 Å². The number of fused-ring (bicyclic) bond motifs is 1. The van der Waals surface area contributed by atoms with Crippen LogP contribution in [-0.2, 0) is 22.7 Å². The third-order valence-electron chi connectivity index (χ3n) is 6.30. The fourth-order valence-electron chi connectivity index (χ4n) is 4.27. The van der Waals surface area contributed by atoms with Gasteiger partial charge in [-0.3, -0.25) is 4.98 Å². The summed E-state index contributed by atoms with van der Waals surface area (Å²) in [6.45, 7) is -0.452. The Bertz CT molecular complexity index is 1870. The predicted octanol–water partition coefficient (Wildman–Crippen LogP) is 6.68. The van der Waals surface area contributed by atoms with Gasteiger partial charge in [0.15, 0.2) is 11.7 Å². The largest absolute Gasteiger partial charge is 0.497 e. The van der Waals surface area contributed by atoms with E-state index < -0.39 is 28.4 Å². The highest BCUT2D eigenvalue weighted by Crippen LogP contribution is 2.39. The number of methoxy groups -OCH3 is 1. The van der Waals surface area contributed by atoms with E-state index in [2.05, 4.69) is 9.97 Å². The van der Waals surface area contributed by atoms with E-state index in [1.165, 1.54) is 46.2 Å². The molecule has 2 aromatic heterocycles. The van der Waals surface area contributed by atoms with Crippen LogP contribution in [0.25, 0.3) is 22.0 Å². The Hall–Kier alpha value is -4.67. The Kier molecular flexibility index (Phi) is 8.02. The van der Waals surface area contributed by atoms with E-state index in [1.807, 2.05) is 0 Å². The average molecular weight is 611 g/mol. The smallest absolute Gasteiger partial charge is 0.416 e. The number of halogens is 3. The number of aromatic nitrogens is 2. The van der Waals surface area contributed by atoms with Gasteiger partial charge in [0, 0.05) is 28.7 Å². The van der Waals surface area contributed by atoms with Gasteiger partial charge in [-0.1, -0.05) is 18.2 Å². The van der Waals surface area contributed by atoms with E-state index in [-0.39, 0.29) is 33.6 Å². The topological polar surface area (TPSA) is 105 Å². The van der Waals surface area contributed by atoms with Crippen molar-refractivity contribution in [2.45, 2.75) is 17.6 Å². The van der Waals surface area contributed by atoms with Crippen LogP contribution >= 0.6 is 11.3 Å². The van der Waals surface area contributed by atoms with Crippen LogP contribution in [0.2, 0.25) is 0 Å². The van der Waals surface area contributed by atoms with Crippen LogP contribution in [0.1, 0.15) is 11.1 Å². The van der Waals surface area contributed by atoms with Crippen LogP contribution in [-0.4, -0.2) is 32.1 Å². The van der Waals surface area contributed by atoms with Crippen LogP contribution in [0.4, 0.5) is 18.3 Å². The summed E-state index contributed by atoms with van der Waals surface area (Å²) in [5.41, 5.74) is 0.275. The lowest BCUT2D eigenvalue weighted by atomic mass is 10.0. The molecule has 0 spiro atoms. The van der Waals surface area contributed by atoms with Crippen LogP contribution in [0.15, 0.2) is 89.4 Å². The van der Waals surface area contributed by atoms with Gasteiger partial charge in [-0.05, 0) is 59.5 Å². The number of hydrogen-bond acceptors (Lipinski definition) is 8. The second kappa shape index (κ2) is 11.7. The number of sulfonamides is 1. The number of alkyl halides is 3.